The van der Waals surface area contributed by atoms with E-state index in [9.17, 15) is 8.42 Å². The van der Waals surface area contributed by atoms with Crippen molar-refractivity contribution >= 4 is 33.4 Å². The number of fused-ring (bicyclic) bond motifs is 1. The zero-order chi connectivity index (χ0) is 18.1. The van der Waals surface area contributed by atoms with Crippen LogP contribution in [0.2, 0.25) is 5.02 Å². The second-order valence-corrected chi connectivity index (χ2v) is 9.81. The van der Waals surface area contributed by atoms with Crippen LogP contribution in [0.3, 0.4) is 0 Å². The third-order valence-corrected chi connectivity index (χ3v) is 7.96. The van der Waals surface area contributed by atoms with E-state index in [2.05, 4.69) is 0 Å². The van der Waals surface area contributed by atoms with E-state index >= 15 is 0 Å². The van der Waals surface area contributed by atoms with Gasteiger partial charge in [0.15, 0.2) is 11.5 Å². The first-order valence-corrected chi connectivity index (χ1v) is 11.2. The molecule has 26 heavy (non-hydrogen) atoms. The molecule has 1 unspecified atom stereocenters. The summed E-state index contributed by atoms with van der Waals surface area (Å²) in [4.78, 5) is 0.247. The molecule has 0 bridgehead atoms. The van der Waals surface area contributed by atoms with E-state index in [1.54, 1.807) is 34.3 Å². The predicted octanol–water partition coefficient (Wildman–Crippen LogP) is 3.94. The highest BCUT2D eigenvalue weighted by atomic mass is 35.5. The molecule has 4 rings (SSSR count). The van der Waals surface area contributed by atoms with E-state index in [1.807, 2.05) is 18.2 Å². The number of sulfonamides is 1. The summed E-state index contributed by atoms with van der Waals surface area (Å²) in [5.41, 5.74) is 1.14. The fourth-order valence-electron chi connectivity index (χ4n) is 3.15. The fourth-order valence-corrected chi connectivity index (χ4v) is 6.24. The van der Waals surface area contributed by atoms with Crippen molar-refractivity contribution < 1.29 is 17.9 Å². The molecule has 2 aromatic rings. The van der Waals surface area contributed by atoms with Crippen LogP contribution in [0.4, 0.5) is 0 Å². The molecule has 2 heterocycles. The first-order chi connectivity index (χ1) is 12.5. The maximum atomic E-state index is 12.9. The predicted molar refractivity (Wildman–Crippen MR) is 103 cm³/mol. The molecular formula is C18H18ClNO4S2. The normalized spacial score (nSPS) is 20.7. The summed E-state index contributed by atoms with van der Waals surface area (Å²) in [7, 11) is -3.53. The summed E-state index contributed by atoms with van der Waals surface area (Å²) in [6.07, 6.45) is 0.740. The highest BCUT2D eigenvalue weighted by Gasteiger charge is 2.29. The van der Waals surface area contributed by atoms with Gasteiger partial charge in [-0.25, -0.2) is 8.42 Å². The van der Waals surface area contributed by atoms with Crippen molar-refractivity contribution in [2.75, 3.05) is 25.6 Å². The summed E-state index contributed by atoms with van der Waals surface area (Å²) in [6, 6.07) is 12.4. The first kappa shape index (κ1) is 18.0. The third kappa shape index (κ3) is 3.53. The Bertz CT molecular complexity index is 919. The standard InChI is InChI=1S/C18H18ClNO4S2/c19-14-2-1-3-15(11-14)26(21,22)20-7-6-18(25-9-8-20)13-4-5-16-17(10-13)24-12-23-16/h1-5,10-11,18H,6-9,12H2. The Morgan fingerprint density at radius 1 is 1.08 bits per heavy atom. The highest BCUT2D eigenvalue weighted by Crippen LogP contribution is 2.40. The molecule has 2 aromatic carbocycles. The van der Waals surface area contributed by atoms with Crippen LogP contribution in [0.1, 0.15) is 17.2 Å². The zero-order valence-corrected chi connectivity index (χ0v) is 16.3. The van der Waals surface area contributed by atoms with Gasteiger partial charge in [0, 0.05) is 29.1 Å². The van der Waals surface area contributed by atoms with Gasteiger partial charge in [-0.2, -0.15) is 16.1 Å². The summed E-state index contributed by atoms with van der Waals surface area (Å²) in [5, 5.41) is 0.651. The molecule has 1 saturated heterocycles. The molecule has 5 nitrogen and oxygen atoms in total. The number of rotatable bonds is 3. The highest BCUT2D eigenvalue weighted by molar-refractivity contribution is 7.99. The van der Waals surface area contributed by atoms with Crippen molar-refractivity contribution in [2.24, 2.45) is 0 Å². The molecule has 0 N–H and O–H groups in total. The number of hydrogen-bond acceptors (Lipinski definition) is 5. The maximum absolute atomic E-state index is 12.9. The average Bonchev–Trinajstić information content (AvgIpc) is 2.95. The maximum Gasteiger partial charge on any atom is 0.243 e. The Labute approximate surface area is 162 Å². The molecular weight excluding hydrogens is 394 g/mol. The lowest BCUT2D eigenvalue weighted by atomic mass is 10.1. The Morgan fingerprint density at radius 3 is 2.77 bits per heavy atom. The van der Waals surface area contributed by atoms with Crippen LogP contribution >= 0.6 is 23.4 Å². The van der Waals surface area contributed by atoms with E-state index < -0.39 is 10.0 Å². The summed E-state index contributed by atoms with van der Waals surface area (Å²) in [5.74, 6) is 2.26. The minimum Gasteiger partial charge on any atom is -0.454 e. The SMILES string of the molecule is O=S(=O)(c1cccc(Cl)c1)N1CCSC(c2ccc3c(c2)OCO3)CC1. The van der Waals surface area contributed by atoms with Crippen LogP contribution in [-0.4, -0.2) is 38.4 Å². The molecule has 0 aliphatic carbocycles. The lowest BCUT2D eigenvalue weighted by Gasteiger charge is -2.20. The van der Waals surface area contributed by atoms with Crippen LogP contribution in [0, 0.1) is 0 Å². The van der Waals surface area contributed by atoms with E-state index in [-0.39, 0.29) is 16.9 Å². The molecule has 8 heteroatoms. The molecule has 0 amide bonds. The molecule has 0 spiro atoms. The van der Waals surface area contributed by atoms with Crippen molar-refractivity contribution in [3.63, 3.8) is 0 Å². The van der Waals surface area contributed by atoms with E-state index in [0.717, 1.165) is 29.2 Å². The van der Waals surface area contributed by atoms with Crippen LogP contribution < -0.4 is 9.47 Å². The van der Waals surface area contributed by atoms with Crippen LogP contribution in [0.15, 0.2) is 47.4 Å². The summed E-state index contributed by atoms with van der Waals surface area (Å²) >= 11 is 7.73. The molecule has 2 aliphatic rings. The van der Waals surface area contributed by atoms with Crippen LogP contribution in [0.25, 0.3) is 0 Å². The third-order valence-electron chi connectivity index (χ3n) is 4.50. The second kappa shape index (κ2) is 7.31. The lowest BCUT2D eigenvalue weighted by molar-refractivity contribution is 0.174. The van der Waals surface area contributed by atoms with E-state index in [1.165, 1.54) is 6.07 Å². The van der Waals surface area contributed by atoms with Crippen molar-refractivity contribution in [3.05, 3.63) is 53.1 Å². The molecule has 1 atom stereocenters. The van der Waals surface area contributed by atoms with Gasteiger partial charge in [0.2, 0.25) is 16.8 Å². The van der Waals surface area contributed by atoms with Gasteiger partial charge in [-0.1, -0.05) is 23.7 Å². The Morgan fingerprint density at radius 2 is 1.92 bits per heavy atom. The molecule has 138 valence electrons. The summed E-state index contributed by atoms with van der Waals surface area (Å²) in [6.45, 7) is 1.21. The Hall–Kier alpha value is -1.41. The quantitative estimate of drug-likeness (QED) is 0.765. The second-order valence-electron chi connectivity index (χ2n) is 6.12. The van der Waals surface area contributed by atoms with Crippen molar-refractivity contribution in [3.8, 4) is 11.5 Å². The molecule has 2 aliphatic heterocycles. The number of hydrogen-bond donors (Lipinski definition) is 0. The smallest absolute Gasteiger partial charge is 0.243 e. The number of ether oxygens (including phenoxy) is 2. The topological polar surface area (TPSA) is 55.8 Å². The van der Waals surface area contributed by atoms with Gasteiger partial charge in [-0.3, -0.25) is 0 Å². The first-order valence-electron chi connectivity index (χ1n) is 8.31. The Balaban J connectivity index is 1.51. The number of nitrogens with zero attached hydrogens (tertiary/aromatic N) is 1. The minimum absolute atomic E-state index is 0.226. The number of halogens is 1. The Kier molecular flexibility index (Phi) is 5.05. The molecule has 0 saturated carbocycles. The van der Waals surface area contributed by atoms with E-state index in [0.29, 0.717) is 18.1 Å². The summed E-state index contributed by atoms with van der Waals surface area (Å²) < 4.78 is 38.2. The van der Waals surface area contributed by atoms with Gasteiger partial charge in [0.05, 0.1) is 4.90 Å². The average molecular weight is 412 g/mol. The van der Waals surface area contributed by atoms with Crippen LogP contribution in [0.5, 0.6) is 11.5 Å². The van der Waals surface area contributed by atoms with Crippen molar-refractivity contribution in [2.45, 2.75) is 16.6 Å². The van der Waals surface area contributed by atoms with Gasteiger partial charge < -0.3 is 9.47 Å². The van der Waals surface area contributed by atoms with Gasteiger partial charge in [0.1, 0.15) is 0 Å². The van der Waals surface area contributed by atoms with Gasteiger partial charge in [-0.05, 0) is 42.3 Å². The van der Waals surface area contributed by atoms with Crippen LogP contribution in [-0.2, 0) is 10.0 Å². The largest absolute Gasteiger partial charge is 0.454 e. The van der Waals surface area contributed by atoms with Gasteiger partial charge >= 0.3 is 0 Å². The molecule has 0 aromatic heterocycles. The number of thioether (sulfide) groups is 1. The number of benzene rings is 2. The monoisotopic (exact) mass is 411 g/mol. The molecule has 1 fully saturated rings. The van der Waals surface area contributed by atoms with Gasteiger partial charge in [0.25, 0.3) is 0 Å². The fraction of sp³-hybridized carbons (Fsp3) is 0.333. The zero-order valence-electron chi connectivity index (χ0n) is 13.9. The van der Waals surface area contributed by atoms with Crippen molar-refractivity contribution in [1.82, 2.24) is 4.31 Å². The minimum atomic E-state index is -3.53. The lowest BCUT2D eigenvalue weighted by Crippen LogP contribution is -2.33. The van der Waals surface area contributed by atoms with E-state index in [4.69, 9.17) is 21.1 Å². The van der Waals surface area contributed by atoms with Gasteiger partial charge in [-0.15, -0.1) is 0 Å². The van der Waals surface area contributed by atoms with Crippen molar-refractivity contribution in [1.29, 1.82) is 0 Å². The molecule has 0 radical (unpaired) electrons.